The van der Waals surface area contributed by atoms with E-state index in [9.17, 15) is 13.6 Å². The van der Waals surface area contributed by atoms with Crippen LogP contribution in [0.2, 0.25) is 0 Å². The van der Waals surface area contributed by atoms with Gasteiger partial charge in [-0.1, -0.05) is 25.1 Å². The first-order chi connectivity index (χ1) is 12.9. The van der Waals surface area contributed by atoms with Gasteiger partial charge in [0, 0.05) is 5.56 Å². The van der Waals surface area contributed by atoms with Gasteiger partial charge in [0.25, 0.3) is 5.91 Å². The molecule has 27 heavy (non-hydrogen) atoms. The molecule has 0 aliphatic carbocycles. The van der Waals surface area contributed by atoms with Gasteiger partial charge in [-0.25, -0.2) is 0 Å². The zero-order chi connectivity index (χ0) is 19.8. The number of para-hydroxylation sites is 1. The van der Waals surface area contributed by atoms with Gasteiger partial charge < -0.3 is 14.8 Å². The van der Waals surface area contributed by atoms with Crippen LogP contribution in [0.1, 0.15) is 37.4 Å². The van der Waals surface area contributed by atoms with Gasteiger partial charge in [0.15, 0.2) is 6.10 Å². The van der Waals surface area contributed by atoms with E-state index in [0.29, 0.717) is 23.3 Å². The first-order valence-corrected chi connectivity index (χ1v) is 8.45. The lowest BCUT2D eigenvalue weighted by Gasteiger charge is -2.23. The summed E-state index contributed by atoms with van der Waals surface area (Å²) in [4.78, 5) is 12.5. The monoisotopic (exact) mass is 374 g/mol. The van der Waals surface area contributed by atoms with Crippen LogP contribution in [0.15, 0.2) is 48.5 Å². The van der Waals surface area contributed by atoms with Gasteiger partial charge in [-0.05, 0) is 43.7 Å². The summed E-state index contributed by atoms with van der Waals surface area (Å²) in [6.45, 7) is 0.468. The molecule has 2 aromatic carbocycles. The summed E-state index contributed by atoms with van der Waals surface area (Å²) in [5.74, 6) is 0.0875. The Hall–Kier alpha value is -3.14. The van der Waals surface area contributed by atoms with Crippen molar-refractivity contribution in [3.05, 3.63) is 59.7 Å². The summed E-state index contributed by atoms with van der Waals surface area (Å²) in [5, 5.41) is 11.6. The van der Waals surface area contributed by atoms with Crippen molar-refractivity contribution in [2.24, 2.45) is 0 Å². The van der Waals surface area contributed by atoms with Gasteiger partial charge in [-0.2, -0.15) is 14.0 Å². The third kappa shape index (κ3) is 5.68. The molecule has 0 heterocycles. The van der Waals surface area contributed by atoms with Crippen LogP contribution in [0.3, 0.4) is 0 Å². The number of amides is 1. The minimum absolute atomic E-state index is 0.0281. The fourth-order valence-corrected chi connectivity index (χ4v) is 2.53. The second kappa shape index (κ2) is 9.53. The highest BCUT2D eigenvalue weighted by Crippen LogP contribution is 2.28. The van der Waals surface area contributed by atoms with E-state index in [1.165, 1.54) is 6.07 Å². The second-order valence-electron chi connectivity index (χ2n) is 5.78. The average molecular weight is 374 g/mol. The zero-order valence-corrected chi connectivity index (χ0v) is 15.0. The van der Waals surface area contributed by atoms with Gasteiger partial charge in [-0.15, -0.1) is 0 Å². The van der Waals surface area contributed by atoms with Crippen molar-refractivity contribution in [3.63, 3.8) is 0 Å². The molecular weight excluding hydrogens is 354 g/mol. The Bertz CT molecular complexity index is 804. The molecule has 142 valence electrons. The van der Waals surface area contributed by atoms with Crippen molar-refractivity contribution in [1.29, 1.82) is 5.26 Å². The molecule has 1 N–H and O–H groups in total. The van der Waals surface area contributed by atoms with Gasteiger partial charge in [0.05, 0.1) is 17.7 Å². The van der Waals surface area contributed by atoms with E-state index in [1.807, 2.05) is 13.0 Å². The summed E-state index contributed by atoms with van der Waals surface area (Å²) in [7, 11) is 0. The maximum atomic E-state index is 12.6. The number of nitrogens with one attached hydrogen (secondary N) is 1. The largest absolute Gasteiger partial charge is 0.481 e. The Morgan fingerprint density at radius 3 is 2.41 bits per heavy atom. The Labute approximate surface area is 156 Å². The highest BCUT2D eigenvalue weighted by atomic mass is 19.3. The molecule has 1 amide bonds. The molecular formula is C20H20F2N2O3. The number of rotatable bonds is 8. The van der Waals surface area contributed by atoms with Crippen LogP contribution in [0.25, 0.3) is 0 Å². The average Bonchev–Trinajstić information content (AvgIpc) is 2.66. The van der Waals surface area contributed by atoms with Crippen molar-refractivity contribution in [1.82, 2.24) is 5.32 Å². The number of carbonyl (C=O) groups excluding carboxylic acids is 1. The highest BCUT2D eigenvalue weighted by Gasteiger charge is 2.22. The molecule has 5 nitrogen and oxygen atoms in total. The number of nitriles is 1. The third-order valence-corrected chi connectivity index (χ3v) is 3.90. The quantitative estimate of drug-likeness (QED) is 0.752. The number of alkyl halides is 2. The van der Waals surface area contributed by atoms with Crippen LogP contribution < -0.4 is 14.8 Å². The van der Waals surface area contributed by atoms with E-state index >= 15 is 0 Å². The predicted molar refractivity (Wildman–Crippen MR) is 95.5 cm³/mol. The van der Waals surface area contributed by atoms with Crippen molar-refractivity contribution < 1.29 is 23.0 Å². The highest BCUT2D eigenvalue weighted by molar-refractivity contribution is 5.81. The normalized spacial score (nSPS) is 12.7. The molecule has 0 bridgehead atoms. The lowest BCUT2D eigenvalue weighted by atomic mass is 10.0. The van der Waals surface area contributed by atoms with Crippen LogP contribution in [-0.4, -0.2) is 18.6 Å². The Morgan fingerprint density at radius 1 is 1.15 bits per heavy atom. The van der Waals surface area contributed by atoms with Gasteiger partial charge in [0.2, 0.25) is 0 Å². The van der Waals surface area contributed by atoms with Crippen LogP contribution in [0.4, 0.5) is 8.78 Å². The van der Waals surface area contributed by atoms with E-state index in [-0.39, 0.29) is 5.75 Å². The number of ether oxygens (including phenoxy) is 2. The Kier molecular flexibility index (Phi) is 7.12. The molecule has 0 spiro atoms. The van der Waals surface area contributed by atoms with Gasteiger partial charge in [-0.3, -0.25) is 4.79 Å². The van der Waals surface area contributed by atoms with E-state index in [0.717, 1.165) is 0 Å². The molecule has 0 saturated heterocycles. The van der Waals surface area contributed by atoms with Crippen LogP contribution >= 0.6 is 0 Å². The fraction of sp³-hybridized carbons (Fsp3) is 0.300. The molecule has 2 atom stereocenters. The van der Waals surface area contributed by atoms with Crippen LogP contribution in [0, 0.1) is 11.3 Å². The minimum atomic E-state index is -2.95. The zero-order valence-electron chi connectivity index (χ0n) is 15.0. The first-order valence-electron chi connectivity index (χ1n) is 8.45. The smallest absolute Gasteiger partial charge is 0.387 e. The van der Waals surface area contributed by atoms with Crippen molar-refractivity contribution in [3.8, 4) is 17.6 Å². The standard InChI is InChI=1S/C20H20F2N2O3/c1-3-17(16-6-4-5-7-18(16)27-20(21)22)24-19(25)13(2)26-15-10-8-14(12-23)9-11-15/h4-11,13,17,20H,3H2,1-2H3,(H,24,25). The van der Waals surface area contributed by atoms with E-state index in [2.05, 4.69) is 10.1 Å². The maximum absolute atomic E-state index is 12.6. The first kappa shape index (κ1) is 20.2. The molecule has 0 saturated carbocycles. The molecule has 0 aliphatic heterocycles. The number of hydrogen-bond donors (Lipinski definition) is 1. The van der Waals surface area contributed by atoms with E-state index < -0.39 is 24.7 Å². The van der Waals surface area contributed by atoms with Gasteiger partial charge in [0.1, 0.15) is 11.5 Å². The maximum Gasteiger partial charge on any atom is 0.387 e. The molecule has 0 radical (unpaired) electrons. The summed E-state index contributed by atoms with van der Waals surface area (Å²) >= 11 is 0. The fourth-order valence-electron chi connectivity index (χ4n) is 2.53. The number of hydrogen-bond acceptors (Lipinski definition) is 4. The lowest BCUT2D eigenvalue weighted by Crippen LogP contribution is -2.38. The minimum Gasteiger partial charge on any atom is -0.481 e. The summed E-state index contributed by atoms with van der Waals surface area (Å²) < 4.78 is 35.3. The van der Waals surface area contributed by atoms with Crippen molar-refractivity contribution >= 4 is 5.91 Å². The summed E-state index contributed by atoms with van der Waals surface area (Å²) in [5.41, 5.74) is 0.959. The van der Waals surface area contributed by atoms with Crippen molar-refractivity contribution in [2.45, 2.75) is 39.0 Å². The molecule has 0 fully saturated rings. The van der Waals surface area contributed by atoms with Crippen LogP contribution in [-0.2, 0) is 4.79 Å². The third-order valence-electron chi connectivity index (χ3n) is 3.90. The second-order valence-corrected chi connectivity index (χ2v) is 5.78. The van der Waals surface area contributed by atoms with Gasteiger partial charge >= 0.3 is 6.61 Å². The predicted octanol–water partition coefficient (Wildman–Crippen LogP) is 4.19. The topological polar surface area (TPSA) is 71.3 Å². The van der Waals surface area contributed by atoms with E-state index in [4.69, 9.17) is 10.00 Å². The molecule has 2 unspecified atom stereocenters. The molecule has 7 heteroatoms. The summed E-state index contributed by atoms with van der Waals surface area (Å²) in [6, 6.07) is 14.2. The van der Waals surface area contributed by atoms with Crippen molar-refractivity contribution in [2.75, 3.05) is 0 Å². The summed E-state index contributed by atoms with van der Waals surface area (Å²) in [6.07, 6.45) is -0.325. The molecule has 2 aromatic rings. The van der Waals surface area contributed by atoms with E-state index in [1.54, 1.807) is 49.4 Å². The number of nitrogens with zero attached hydrogens (tertiary/aromatic N) is 1. The molecule has 0 aliphatic rings. The molecule has 2 rings (SSSR count). The molecule has 0 aromatic heterocycles. The van der Waals surface area contributed by atoms with Crippen LogP contribution in [0.5, 0.6) is 11.5 Å². The number of benzene rings is 2. The number of halogens is 2. The Balaban J connectivity index is 2.06. The number of carbonyl (C=O) groups is 1. The SMILES string of the molecule is CCC(NC(=O)C(C)Oc1ccc(C#N)cc1)c1ccccc1OC(F)F. The lowest BCUT2D eigenvalue weighted by molar-refractivity contribution is -0.128. The Morgan fingerprint density at radius 2 is 1.81 bits per heavy atom.